The van der Waals surface area contributed by atoms with Crippen LogP contribution in [0.25, 0.3) is 0 Å². The summed E-state index contributed by atoms with van der Waals surface area (Å²) >= 11 is 0. The van der Waals surface area contributed by atoms with Crippen molar-refractivity contribution in [3.63, 3.8) is 0 Å². The van der Waals surface area contributed by atoms with Gasteiger partial charge in [-0.05, 0) is 26.2 Å². The van der Waals surface area contributed by atoms with Crippen LogP contribution in [0.1, 0.15) is 32.6 Å². The molecule has 88 valence electrons. The molecule has 1 saturated heterocycles. The van der Waals surface area contributed by atoms with E-state index < -0.39 is 0 Å². The van der Waals surface area contributed by atoms with Gasteiger partial charge in [0, 0.05) is 26.2 Å². The zero-order valence-electron chi connectivity index (χ0n) is 9.62. The average molecular weight is 215 g/mol. The molecule has 1 fully saturated rings. The van der Waals surface area contributed by atoms with Crippen molar-refractivity contribution in [3.8, 4) is 0 Å². The molecule has 1 heterocycles. The number of carbonyl (C=O) groups is 1. The predicted molar refractivity (Wildman–Crippen MR) is 57.7 cm³/mol. The third-order valence-corrected chi connectivity index (χ3v) is 2.54. The molecule has 0 aliphatic carbocycles. The number of hydrogen-bond donors (Lipinski definition) is 1. The van der Waals surface area contributed by atoms with Gasteiger partial charge in [0.05, 0.1) is 12.7 Å². The lowest BCUT2D eigenvalue weighted by molar-refractivity contribution is -0.122. The Labute approximate surface area is 91.3 Å². The molecule has 4 nitrogen and oxygen atoms in total. The first-order valence-corrected chi connectivity index (χ1v) is 5.62. The molecule has 1 aliphatic heterocycles. The van der Waals surface area contributed by atoms with Crippen LogP contribution in [-0.2, 0) is 14.3 Å². The van der Waals surface area contributed by atoms with Crippen LogP contribution in [0.5, 0.6) is 0 Å². The highest BCUT2D eigenvalue weighted by Crippen LogP contribution is 2.16. The average Bonchev–Trinajstić information content (AvgIpc) is 2.67. The van der Waals surface area contributed by atoms with Gasteiger partial charge in [0.15, 0.2) is 0 Å². The molecule has 0 aromatic rings. The number of methoxy groups -OCH3 is 1. The zero-order valence-corrected chi connectivity index (χ0v) is 9.62. The van der Waals surface area contributed by atoms with Crippen molar-refractivity contribution in [3.05, 3.63) is 0 Å². The van der Waals surface area contributed by atoms with Gasteiger partial charge in [-0.15, -0.1) is 0 Å². The van der Waals surface area contributed by atoms with E-state index >= 15 is 0 Å². The van der Waals surface area contributed by atoms with Crippen molar-refractivity contribution < 1.29 is 14.3 Å². The highest BCUT2D eigenvalue weighted by atomic mass is 16.5. The normalized spacial score (nSPS) is 22.7. The highest BCUT2D eigenvalue weighted by Gasteiger charge is 2.17. The van der Waals surface area contributed by atoms with Crippen LogP contribution in [0.15, 0.2) is 0 Å². The van der Waals surface area contributed by atoms with E-state index in [2.05, 4.69) is 5.32 Å². The smallest absolute Gasteiger partial charge is 0.220 e. The quantitative estimate of drug-likeness (QED) is 0.721. The van der Waals surface area contributed by atoms with Crippen LogP contribution in [-0.4, -0.2) is 38.4 Å². The van der Waals surface area contributed by atoms with Gasteiger partial charge in [0.2, 0.25) is 5.91 Å². The summed E-state index contributed by atoms with van der Waals surface area (Å²) in [6, 6.07) is 0.0898. The first kappa shape index (κ1) is 12.5. The summed E-state index contributed by atoms with van der Waals surface area (Å²) in [5.74, 6) is 0.0926. The largest absolute Gasteiger partial charge is 0.383 e. The van der Waals surface area contributed by atoms with Gasteiger partial charge >= 0.3 is 0 Å². The van der Waals surface area contributed by atoms with E-state index in [1.807, 2.05) is 6.92 Å². The molecule has 1 rings (SSSR count). The molecule has 15 heavy (non-hydrogen) atoms. The van der Waals surface area contributed by atoms with Crippen molar-refractivity contribution in [2.24, 2.45) is 0 Å². The Morgan fingerprint density at radius 2 is 2.47 bits per heavy atom. The van der Waals surface area contributed by atoms with Gasteiger partial charge in [0.1, 0.15) is 0 Å². The summed E-state index contributed by atoms with van der Waals surface area (Å²) in [5.41, 5.74) is 0. The van der Waals surface area contributed by atoms with Crippen molar-refractivity contribution in [1.29, 1.82) is 0 Å². The maximum absolute atomic E-state index is 11.5. The fourth-order valence-corrected chi connectivity index (χ4v) is 1.80. The molecule has 0 bridgehead atoms. The number of nitrogens with one attached hydrogen (secondary N) is 1. The standard InChI is InChI=1S/C11H21NO3/c1-9(8-14-2)12-11(13)6-5-10-4-3-7-15-10/h9-10H,3-8H2,1-2H3,(H,12,13)/t9-,10+/m0/s1. The van der Waals surface area contributed by atoms with E-state index in [4.69, 9.17) is 9.47 Å². The molecule has 4 heteroatoms. The second-order valence-corrected chi connectivity index (χ2v) is 4.10. The third-order valence-electron chi connectivity index (χ3n) is 2.54. The first-order valence-electron chi connectivity index (χ1n) is 5.62. The Bertz CT molecular complexity index is 190. The monoisotopic (exact) mass is 215 g/mol. The number of amides is 1. The molecule has 0 saturated carbocycles. The van der Waals surface area contributed by atoms with E-state index in [0.717, 1.165) is 25.9 Å². The van der Waals surface area contributed by atoms with Crippen LogP contribution in [0.2, 0.25) is 0 Å². The SMILES string of the molecule is COC[C@H](C)NC(=O)CC[C@H]1CCCO1. The highest BCUT2D eigenvalue weighted by molar-refractivity contribution is 5.76. The Balaban J connectivity index is 2.07. The summed E-state index contributed by atoms with van der Waals surface area (Å²) in [5, 5.41) is 2.89. The third kappa shape index (κ3) is 5.14. The number of rotatable bonds is 6. The van der Waals surface area contributed by atoms with Crippen LogP contribution in [0.3, 0.4) is 0 Å². The molecular weight excluding hydrogens is 194 g/mol. The Morgan fingerprint density at radius 1 is 1.67 bits per heavy atom. The molecule has 0 radical (unpaired) electrons. The number of ether oxygens (including phenoxy) is 2. The van der Waals surface area contributed by atoms with Gasteiger partial charge in [-0.2, -0.15) is 0 Å². The van der Waals surface area contributed by atoms with Gasteiger partial charge < -0.3 is 14.8 Å². The second-order valence-electron chi connectivity index (χ2n) is 4.10. The Hall–Kier alpha value is -0.610. The van der Waals surface area contributed by atoms with E-state index in [1.165, 1.54) is 0 Å². The van der Waals surface area contributed by atoms with Crippen molar-refractivity contribution in [2.45, 2.75) is 44.8 Å². The summed E-state index contributed by atoms with van der Waals surface area (Å²) in [4.78, 5) is 11.5. The lowest BCUT2D eigenvalue weighted by atomic mass is 10.1. The minimum Gasteiger partial charge on any atom is -0.383 e. The van der Waals surface area contributed by atoms with Gasteiger partial charge in [-0.25, -0.2) is 0 Å². The maximum atomic E-state index is 11.5. The molecule has 1 N–H and O–H groups in total. The first-order chi connectivity index (χ1) is 7.22. The molecule has 0 aromatic carbocycles. The summed E-state index contributed by atoms with van der Waals surface area (Å²) in [7, 11) is 1.63. The lowest BCUT2D eigenvalue weighted by Crippen LogP contribution is -2.35. The molecular formula is C11H21NO3. The van der Waals surface area contributed by atoms with E-state index in [1.54, 1.807) is 7.11 Å². The van der Waals surface area contributed by atoms with Crippen LogP contribution >= 0.6 is 0 Å². The van der Waals surface area contributed by atoms with Crippen LogP contribution < -0.4 is 5.32 Å². The summed E-state index contributed by atoms with van der Waals surface area (Å²) in [6.07, 6.45) is 3.92. The van der Waals surface area contributed by atoms with Crippen molar-refractivity contribution in [1.82, 2.24) is 5.32 Å². The minimum atomic E-state index is 0.0898. The second kappa shape index (κ2) is 6.80. The minimum absolute atomic E-state index is 0.0898. The van der Waals surface area contributed by atoms with Crippen LogP contribution in [0, 0.1) is 0 Å². The zero-order chi connectivity index (χ0) is 11.1. The molecule has 1 aliphatic rings. The van der Waals surface area contributed by atoms with Crippen molar-refractivity contribution >= 4 is 5.91 Å². The molecule has 1 amide bonds. The van der Waals surface area contributed by atoms with Gasteiger partial charge in [-0.3, -0.25) is 4.79 Å². The van der Waals surface area contributed by atoms with Gasteiger partial charge in [-0.1, -0.05) is 0 Å². The predicted octanol–water partition coefficient (Wildman–Crippen LogP) is 1.10. The van der Waals surface area contributed by atoms with Crippen LogP contribution in [0.4, 0.5) is 0 Å². The lowest BCUT2D eigenvalue weighted by Gasteiger charge is -2.13. The van der Waals surface area contributed by atoms with E-state index in [9.17, 15) is 4.79 Å². The number of hydrogen-bond acceptors (Lipinski definition) is 3. The van der Waals surface area contributed by atoms with E-state index in [0.29, 0.717) is 19.1 Å². The van der Waals surface area contributed by atoms with E-state index in [-0.39, 0.29) is 11.9 Å². The summed E-state index contributed by atoms with van der Waals surface area (Å²) < 4.78 is 10.4. The maximum Gasteiger partial charge on any atom is 0.220 e. The molecule has 0 spiro atoms. The Morgan fingerprint density at radius 3 is 3.07 bits per heavy atom. The number of carbonyl (C=O) groups excluding carboxylic acids is 1. The molecule has 2 atom stereocenters. The van der Waals surface area contributed by atoms with Crippen molar-refractivity contribution in [2.75, 3.05) is 20.3 Å². The fourth-order valence-electron chi connectivity index (χ4n) is 1.80. The fraction of sp³-hybridized carbons (Fsp3) is 0.909. The van der Waals surface area contributed by atoms with Gasteiger partial charge in [0.25, 0.3) is 0 Å². The molecule has 0 aromatic heterocycles. The summed E-state index contributed by atoms with van der Waals surface area (Å²) in [6.45, 7) is 3.35. The molecule has 0 unspecified atom stereocenters. The topological polar surface area (TPSA) is 47.6 Å². The Kier molecular flexibility index (Phi) is 5.65.